The molecule has 0 aliphatic heterocycles. The molecule has 1 amide bonds. The number of phenolic OH excluding ortho intramolecular Hbond substituents is 2. The summed E-state index contributed by atoms with van der Waals surface area (Å²) in [5.74, 6) is -0.0874. The average Bonchev–Trinajstić information content (AvgIpc) is 2.10. The van der Waals surface area contributed by atoms with Gasteiger partial charge in [0.1, 0.15) is 11.5 Å². The molecule has 1 aromatic rings. The van der Waals surface area contributed by atoms with E-state index >= 15 is 0 Å². The highest BCUT2D eigenvalue weighted by molar-refractivity contribution is 5.75. The van der Waals surface area contributed by atoms with Gasteiger partial charge < -0.3 is 15.5 Å². The van der Waals surface area contributed by atoms with E-state index in [1.54, 1.807) is 0 Å². The van der Waals surface area contributed by atoms with Gasteiger partial charge in [-0.15, -0.1) is 0 Å². The maximum absolute atomic E-state index is 10.5. The summed E-state index contributed by atoms with van der Waals surface area (Å²) in [5.41, 5.74) is 0.443. The van der Waals surface area contributed by atoms with Crippen LogP contribution in [-0.2, 0) is 4.79 Å². The van der Waals surface area contributed by atoms with Gasteiger partial charge in [-0.25, -0.2) is 0 Å². The molecule has 0 fully saturated rings. The van der Waals surface area contributed by atoms with E-state index in [1.165, 1.54) is 37.4 Å². The third kappa shape index (κ3) is 2.82. The van der Waals surface area contributed by atoms with Crippen molar-refractivity contribution >= 4 is 12.0 Å². The molecule has 14 heavy (non-hydrogen) atoms. The number of rotatable bonds is 2. The SMILES string of the molecule is CC(=O)N/C=C\c1cc(O)ccc1O. The van der Waals surface area contributed by atoms with Gasteiger partial charge in [0.2, 0.25) is 5.91 Å². The number of carbonyl (C=O) groups is 1. The molecular formula is C10H11NO3. The van der Waals surface area contributed by atoms with Crippen molar-refractivity contribution in [3.63, 3.8) is 0 Å². The van der Waals surface area contributed by atoms with Crippen LogP contribution in [0.2, 0.25) is 0 Å². The zero-order valence-corrected chi connectivity index (χ0v) is 7.69. The molecule has 0 spiro atoms. The Morgan fingerprint density at radius 3 is 2.79 bits per heavy atom. The predicted molar refractivity (Wildman–Crippen MR) is 52.6 cm³/mol. The van der Waals surface area contributed by atoms with Gasteiger partial charge in [0, 0.05) is 18.7 Å². The zero-order valence-electron chi connectivity index (χ0n) is 7.69. The predicted octanol–water partition coefficient (Wildman–Crippen LogP) is 1.20. The van der Waals surface area contributed by atoms with Crippen molar-refractivity contribution in [2.45, 2.75) is 6.92 Å². The lowest BCUT2D eigenvalue weighted by Crippen LogP contribution is -2.10. The first-order chi connectivity index (χ1) is 6.59. The third-order valence-electron chi connectivity index (χ3n) is 1.56. The highest BCUT2D eigenvalue weighted by Gasteiger charge is 1.97. The molecule has 0 aliphatic rings. The van der Waals surface area contributed by atoms with Crippen molar-refractivity contribution in [2.75, 3.05) is 0 Å². The van der Waals surface area contributed by atoms with Gasteiger partial charge in [-0.2, -0.15) is 0 Å². The summed E-state index contributed by atoms with van der Waals surface area (Å²) >= 11 is 0. The van der Waals surface area contributed by atoms with Gasteiger partial charge in [0.25, 0.3) is 0 Å². The van der Waals surface area contributed by atoms with Gasteiger partial charge in [-0.3, -0.25) is 4.79 Å². The fourth-order valence-electron chi connectivity index (χ4n) is 0.924. The number of phenols is 2. The van der Waals surface area contributed by atoms with Gasteiger partial charge >= 0.3 is 0 Å². The highest BCUT2D eigenvalue weighted by atomic mass is 16.3. The lowest BCUT2D eigenvalue weighted by atomic mass is 10.2. The maximum Gasteiger partial charge on any atom is 0.220 e. The number of hydrogen-bond acceptors (Lipinski definition) is 3. The Balaban J connectivity index is 2.80. The molecule has 0 atom stereocenters. The molecule has 0 unspecified atom stereocenters. The Hall–Kier alpha value is -1.97. The molecule has 1 aromatic carbocycles. The monoisotopic (exact) mass is 193 g/mol. The van der Waals surface area contributed by atoms with Gasteiger partial charge in [-0.05, 0) is 24.3 Å². The number of aromatic hydroxyl groups is 2. The average molecular weight is 193 g/mol. The zero-order chi connectivity index (χ0) is 10.6. The van der Waals surface area contributed by atoms with E-state index in [4.69, 9.17) is 5.11 Å². The lowest BCUT2D eigenvalue weighted by molar-refractivity contribution is -0.118. The van der Waals surface area contributed by atoms with Crippen LogP contribution in [0.5, 0.6) is 11.5 Å². The normalized spacial score (nSPS) is 10.4. The molecule has 0 saturated carbocycles. The molecule has 74 valence electrons. The first kappa shape index (κ1) is 10.1. The summed E-state index contributed by atoms with van der Waals surface area (Å²) in [5, 5.41) is 20.9. The second-order valence-corrected chi connectivity index (χ2v) is 2.78. The van der Waals surface area contributed by atoms with Crippen LogP contribution in [0.15, 0.2) is 24.4 Å². The molecule has 0 aliphatic carbocycles. The third-order valence-corrected chi connectivity index (χ3v) is 1.56. The van der Waals surface area contributed by atoms with E-state index in [9.17, 15) is 9.90 Å². The quantitative estimate of drug-likeness (QED) is 0.618. The van der Waals surface area contributed by atoms with Crippen molar-refractivity contribution in [1.82, 2.24) is 5.32 Å². The summed E-state index contributed by atoms with van der Waals surface area (Å²) in [6, 6.07) is 4.15. The van der Waals surface area contributed by atoms with Crippen molar-refractivity contribution in [1.29, 1.82) is 0 Å². The van der Waals surface area contributed by atoms with E-state index in [2.05, 4.69) is 5.32 Å². The molecule has 0 radical (unpaired) electrons. The van der Waals surface area contributed by atoms with E-state index in [0.29, 0.717) is 5.56 Å². The van der Waals surface area contributed by atoms with Crippen LogP contribution in [0.3, 0.4) is 0 Å². The molecule has 4 nitrogen and oxygen atoms in total. The van der Waals surface area contributed by atoms with Crippen LogP contribution in [0.4, 0.5) is 0 Å². The number of benzene rings is 1. The standard InChI is InChI=1S/C10H11NO3/c1-7(12)11-5-4-8-6-9(13)2-3-10(8)14/h2-6,13-14H,1H3,(H,11,12)/b5-4-. The van der Waals surface area contributed by atoms with Crippen LogP contribution in [0, 0.1) is 0 Å². The minimum atomic E-state index is -0.194. The molecule has 4 heteroatoms. The fourth-order valence-corrected chi connectivity index (χ4v) is 0.924. The number of carbonyl (C=O) groups excluding carboxylic acids is 1. The second-order valence-electron chi connectivity index (χ2n) is 2.78. The first-order valence-electron chi connectivity index (χ1n) is 4.05. The lowest BCUT2D eigenvalue weighted by Gasteiger charge is -1.99. The van der Waals surface area contributed by atoms with E-state index in [-0.39, 0.29) is 17.4 Å². The molecular weight excluding hydrogens is 182 g/mol. The summed E-state index contributed by atoms with van der Waals surface area (Å²) in [7, 11) is 0. The van der Waals surface area contributed by atoms with Crippen LogP contribution in [-0.4, -0.2) is 16.1 Å². The van der Waals surface area contributed by atoms with Gasteiger partial charge in [-0.1, -0.05) is 0 Å². The highest BCUT2D eigenvalue weighted by Crippen LogP contribution is 2.22. The maximum atomic E-state index is 10.5. The van der Waals surface area contributed by atoms with Crippen molar-refractivity contribution in [3.05, 3.63) is 30.0 Å². The largest absolute Gasteiger partial charge is 0.508 e. The Bertz CT molecular complexity index is 372. The van der Waals surface area contributed by atoms with Gasteiger partial charge in [0.15, 0.2) is 0 Å². The minimum absolute atomic E-state index is 0.0457. The summed E-state index contributed by atoms with van der Waals surface area (Å²) in [6.07, 6.45) is 2.90. The van der Waals surface area contributed by atoms with E-state index in [0.717, 1.165) is 0 Å². The Kier molecular flexibility index (Phi) is 3.12. The topological polar surface area (TPSA) is 69.6 Å². The smallest absolute Gasteiger partial charge is 0.220 e. The second kappa shape index (κ2) is 4.32. The Morgan fingerprint density at radius 1 is 1.43 bits per heavy atom. The molecule has 3 N–H and O–H groups in total. The number of amides is 1. The summed E-state index contributed by atoms with van der Waals surface area (Å²) in [4.78, 5) is 10.5. The van der Waals surface area contributed by atoms with Crippen molar-refractivity contribution in [2.24, 2.45) is 0 Å². The van der Waals surface area contributed by atoms with Crippen LogP contribution in [0.25, 0.3) is 6.08 Å². The molecule has 0 saturated heterocycles. The number of hydrogen-bond donors (Lipinski definition) is 3. The molecule has 0 heterocycles. The summed E-state index contributed by atoms with van der Waals surface area (Å²) < 4.78 is 0. The number of nitrogens with one attached hydrogen (secondary N) is 1. The van der Waals surface area contributed by atoms with Crippen LogP contribution < -0.4 is 5.32 Å². The fraction of sp³-hybridized carbons (Fsp3) is 0.100. The van der Waals surface area contributed by atoms with Crippen LogP contribution in [0.1, 0.15) is 12.5 Å². The minimum Gasteiger partial charge on any atom is -0.508 e. The van der Waals surface area contributed by atoms with Crippen molar-refractivity contribution < 1.29 is 15.0 Å². The molecule has 0 bridgehead atoms. The Labute approximate surface area is 81.5 Å². The van der Waals surface area contributed by atoms with Crippen molar-refractivity contribution in [3.8, 4) is 11.5 Å². The van der Waals surface area contributed by atoms with Crippen LogP contribution >= 0.6 is 0 Å². The molecule has 1 rings (SSSR count). The Morgan fingerprint density at radius 2 is 2.14 bits per heavy atom. The van der Waals surface area contributed by atoms with E-state index < -0.39 is 0 Å². The van der Waals surface area contributed by atoms with E-state index in [1.807, 2.05) is 0 Å². The van der Waals surface area contributed by atoms with Gasteiger partial charge in [0.05, 0.1) is 0 Å². The molecule has 0 aromatic heterocycles. The summed E-state index contributed by atoms with van der Waals surface area (Å²) in [6.45, 7) is 1.38. The first-order valence-corrected chi connectivity index (χ1v) is 4.05.